The Hall–Kier alpha value is -2.05. The highest BCUT2D eigenvalue weighted by atomic mass is 32.2. The maximum atomic E-state index is 12.1. The van der Waals surface area contributed by atoms with E-state index in [9.17, 15) is 8.42 Å². The molecule has 0 aliphatic heterocycles. The summed E-state index contributed by atoms with van der Waals surface area (Å²) in [6, 6.07) is 10.8. The van der Waals surface area contributed by atoms with Gasteiger partial charge in [-0.05, 0) is 56.3 Å². The lowest BCUT2D eigenvalue weighted by Crippen LogP contribution is -2.20. The standard InChI is InChI=1S/C15H19N3O2S/c1-10-4-5-11(2)14(8-10)18-13-7-6-12(16)9-15(13)21(19,20)17-3/h4-9,17-18H,16H2,1-3H3. The monoisotopic (exact) mass is 305 g/mol. The Labute approximate surface area is 125 Å². The molecule has 0 aliphatic carbocycles. The van der Waals surface area contributed by atoms with Gasteiger partial charge in [0.25, 0.3) is 0 Å². The molecule has 6 heteroatoms. The van der Waals surface area contributed by atoms with E-state index in [2.05, 4.69) is 10.0 Å². The number of nitrogens with two attached hydrogens (primary N) is 1. The molecule has 0 amide bonds. The average Bonchev–Trinajstić information content (AvgIpc) is 2.44. The SMILES string of the molecule is CNS(=O)(=O)c1cc(N)ccc1Nc1cc(C)ccc1C. The molecular weight excluding hydrogens is 286 g/mol. The van der Waals surface area contributed by atoms with Crippen molar-refractivity contribution in [1.29, 1.82) is 0 Å². The van der Waals surface area contributed by atoms with Gasteiger partial charge in [-0.25, -0.2) is 13.1 Å². The molecule has 0 heterocycles. The van der Waals surface area contributed by atoms with E-state index in [0.717, 1.165) is 16.8 Å². The van der Waals surface area contributed by atoms with E-state index in [1.54, 1.807) is 12.1 Å². The van der Waals surface area contributed by atoms with Gasteiger partial charge in [0.15, 0.2) is 0 Å². The lowest BCUT2D eigenvalue weighted by Gasteiger charge is -2.15. The third kappa shape index (κ3) is 3.34. The minimum Gasteiger partial charge on any atom is -0.399 e. The molecule has 2 aromatic rings. The molecule has 112 valence electrons. The van der Waals surface area contributed by atoms with Crippen LogP contribution in [-0.4, -0.2) is 15.5 Å². The third-order valence-electron chi connectivity index (χ3n) is 3.23. The molecule has 0 radical (unpaired) electrons. The number of aryl methyl sites for hydroxylation is 2. The zero-order chi connectivity index (χ0) is 15.6. The maximum absolute atomic E-state index is 12.1. The summed E-state index contributed by atoms with van der Waals surface area (Å²) >= 11 is 0. The zero-order valence-electron chi connectivity index (χ0n) is 12.3. The third-order valence-corrected chi connectivity index (χ3v) is 4.68. The van der Waals surface area contributed by atoms with Gasteiger partial charge < -0.3 is 11.1 Å². The molecule has 0 unspecified atom stereocenters. The largest absolute Gasteiger partial charge is 0.399 e. The molecule has 4 N–H and O–H groups in total. The molecule has 0 spiro atoms. The lowest BCUT2D eigenvalue weighted by atomic mass is 10.1. The fourth-order valence-corrected chi connectivity index (χ4v) is 2.91. The highest BCUT2D eigenvalue weighted by molar-refractivity contribution is 7.89. The quantitative estimate of drug-likeness (QED) is 0.758. The van der Waals surface area contributed by atoms with Crippen molar-refractivity contribution in [2.75, 3.05) is 18.1 Å². The molecule has 5 nitrogen and oxygen atoms in total. The van der Waals surface area contributed by atoms with Gasteiger partial charge in [-0.3, -0.25) is 0 Å². The van der Waals surface area contributed by atoms with Crippen molar-refractivity contribution in [3.63, 3.8) is 0 Å². The van der Waals surface area contributed by atoms with Crippen LogP contribution in [0.1, 0.15) is 11.1 Å². The Balaban J connectivity index is 2.52. The van der Waals surface area contributed by atoms with E-state index >= 15 is 0 Å². The molecular formula is C15H19N3O2S. The number of anilines is 3. The van der Waals surface area contributed by atoms with Crippen LogP contribution < -0.4 is 15.8 Å². The van der Waals surface area contributed by atoms with Crippen LogP contribution in [0.3, 0.4) is 0 Å². The van der Waals surface area contributed by atoms with E-state index in [4.69, 9.17) is 5.73 Å². The first-order chi connectivity index (χ1) is 9.83. The number of hydrogen-bond acceptors (Lipinski definition) is 4. The normalized spacial score (nSPS) is 11.4. The van der Waals surface area contributed by atoms with Crippen LogP contribution in [0.4, 0.5) is 17.1 Å². The van der Waals surface area contributed by atoms with E-state index in [-0.39, 0.29) is 4.90 Å². The van der Waals surface area contributed by atoms with Crippen molar-refractivity contribution >= 4 is 27.1 Å². The second-order valence-corrected chi connectivity index (χ2v) is 6.76. The number of sulfonamides is 1. The smallest absolute Gasteiger partial charge is 0.242 e. The van der Waals surface area contributed by atoms with Crippen molar-refractivity contribution < 1.29 is 8.42 Å². The van der Waals surface area contributed by atoms with E-state index in [1.165, 1.54) is 13.1 Å². The Morgan fingerprint density at radius 1 is 1.00 bits per heavy atom. The van der Waals surface area contributed by atoms with Crippen LogP contribution >= 0.6 is 0 Å². The van der Waals surface area contributed by atoms with E-state index in [1.807, 2.05) is 32.0 Å². The Morgan fingerprint density at radius 2 is 1.71 bits per heavy atom. The predicted molar refractivity (Wildman–Crippen MR) is 86.3 cm³/mol. The molecule has 0 bridgehead atoms. The summed E-state index contributed by atoms with van der Waals surface area (Å²) in [5.74, 6) is 0. The lowest BCUT2D eigenvalue weighted by molar-refractivity contribution is 0.588. The number of rotatable bonds is 4. The van der Waals surface area contributed by atoms with Crippen LogP contribution in [0.2, 0.25) is 0 Å². The maximum Gasteiger partial charge on any atom is 0.242 e. The molecule has 0 saturated heterocycles. The predicted octanol–water partition coefficient (Wildman–Crippen LogP) is 2.54. The summed E-state index contributed by atoms with van der Waals surface area (Å²) < 4.78 is 26.5. The van der Waals surface area contributed by atoms with E-state index in [0.29, 0.717) is 11.4 Å². The second-order valence-electron chi connectivity index (χ2n) is 4.91. The van der Waals surface area contributed by atoms with Gasteiger partial charge in [0.2, 0.25) is 10.0 Å². The summed E-state index contributed by atoms with van der Waals surface area (Å²) in [4.78, 5) is 0.130. The number of nitrogen functional groups attached to an aromatic ring is 1. The minimum atomic E-state index is -3.59. The van der Waals surface area contributed by atoms with Crippen LogP contribution in [0.25, 0.3) is 0 Å². The summed E-state index contributed by atoms with van der Waals surface area (Å²) in [7, 11) is -2.21. The van der Waals surface area contributed by atoms with Crippen molar-refractivity contribution in [3.05, 3.63) is 47.5 Å². The summed E-state index contributed by atoms with van der Waals surface area (Å²) in [5, 5.41) is 3.17. The van der Waals surface area contributed by atoms with Crippen molar-refractivity contribution in [2.24, 2.45) is 0 Å². The second kappa shape index (κ2) is 5.75. The molecule has 0 aliphatic rings. The Bertz CT molecular complexity index is 770. The molecule has 21 heavy (non-hydrogen) atoms. The van der Waals surface area contributed by atoms with E-state index < -0.39 is 10.0 Å². The molecule has 2 rings (SSSR count). The first kappa shape index (κ1) is 15.3. The van der Waals surface area contributed by atoms with Crippen LogP contribution in [-0.2, 0) is 10.0 Å². The average molecular weight is 305 g/mol. The first-order valence-corrected chi connectivity index (χ1v) is 7.99. The minimum absolute atomic E-state index is 0.130. The van der Waals surface area contributed by atoms with Crippen molar-refractivity contribution in [3.8, 4) is 0 Å². The van der Waals surface area contributed by atoms with Crippen LogP contribution in [0.15, 0.2) is 41.3 Å². The van der Waals surface area contributed by atoms with Gasteiger partial charge in [0, 0.05) is 11.4 Å². The van der Waals surface area contributed by atoms with Gasteiger partial charge >= 0.3 is 0 Å². The van der Waals surface area contributed by atoms with Gasteiger partial charge in [-0.2, -0.15) is 0 Å². The number of nitrogens with one attached hydrogen (secondary N) is 2. The summed E-state index contributed by atoms with van der Waals surface area (Å²) in [5.41, 5.74) is 9.59. The fourth-order valence-electron chi connectivity index (χ4n) is 1.99. The fraction of sp³-hybridized carbons (Fsp3) is 0.200. The molecule has 0 saturated carbocycles. The van der Waals surface area contributed by atoms with Crippen LogP contribution in [0, 0.1) is 13.8 Å². The molecule has 0 atom stereocenters. The first-order valence-electron chi connectivity index (χ1n) is 6.51. The zero-order valence-corrected chi connectivity index (χ0v) is 13.1. The van der Waals surface area contributed by atoms with Crippen molar-refractivity contribution in [1.82, 2.24) is 4.72 Å². The number of hydrogen-bond donors (Lipinski definition) is 3. The van der Waals surface area contributed by atoms with Crippen LogP contribution in [0.5, 0.6) is 0 Å². The highest BCUT2D eigenvalue weighted by Crippen LogP contribution is 2.28. The number of benzene rings is 2. The van der Waals surface area contributed by atoms with Gasteiger partial charge in [0.1, 0.15) is 4.90 Å². The van der Waals surface area contributed by atoms with Crippen molar-refractivity contribution in [2.45, 2.75) is 18.7 Å². The summed E-state index contributed by atoms with van der Waals surface area (Å²) in [6.07, 6.45) is 0. The Kier molecular flexibility index (Phi) is 4.20. The molecule has 2 aromatic carbocycles. The van der Waals surface area contributed by atoms with Gasteiger partial charge in [-0.1, -0.05) is 12.1 Å². The summed E-state index contributed by atoms with van der Waals surface area (Å²) in [6.45, 7) is 3.95. The Morgan fingerprint density at radius 3 is 2.38 bits per heavy atom. The topological polar surface area (TPSA) is 84.2 Å². The highest BCUT2D eigenvalue weighted by Gasteiger charge is 2.17. The molecule has 0 fully saturated rings. The van der Waals surface area contributed by atoms with Gasteiger partial charge in [0.05, 0.1) is 5.69 Å². The van der Waals surface area contributed by atoms with Gasteiger partial charge in [-0.15, -0.1) is 0 Å². The molecule has 0 aromatic heterocycles.